The molecule has 0 aromatic heterocycles. The summed E-state index contributed by atoms with van der Waals surface area (Å²) in [6, 6.07) is 7.91. The Morgan fingerprint density at radius 3 is 2.59 bits per heavy atom. The zero-order valence-corrected chi connectivity index (χ0v) is 10.9. The minimum Gasteiger partial charge on any atom is -0.496 e. The number of hydrogen-bond acceptors (Lipinski definition) is 2. The van der Waals surface area contributed by atoms with Gasteiger partial charge in [-0.1, -0.05) is 38.1 Å². The zero-order chi connectivity index (χ0) is 12.9. The van der Waals surface area contributed by atoms with Gasteiger partial charge in [-0.05, 0) is 30.4 Å². The number of hydrogen-bond donors (Lipinski definition) is 1. The van der Waals surface area contributed by atoms with Gasteiger partial charge in [-0.25, -0.2) is 0 Å². The Morgan fingerprint density at radius 2 is 2.06 bits per heavy atom. The van der Waals surface area contributed by atoms with Crippen LogP contribution in [-0.2, 0) is 6.42 Å². The van der Waals surface area contributed by atoms with E-state index >= 15 is 0 Å². The van der Waals surface area contributed by atoms with Crippen LogP contribution in [-0.4, -0.2) is 17.8 Å². The third-order valence-corrected chi connectivity index (χ3v) is 3.34. The van der Waals surface area contributed by atoms with Gasteiger partial charge in [-0.15, -0.1) is 6.58 Å². The first-order chi connectivity index (χ1) is 8.03. The van der Waals surface area contributed by atoms with Crippen molar-refractivity contribution >= 4 is 0 Å². The Labute approximate surface area is 104 Å². The van der Waals surface area contributed by atoms with Gasteiger partial charge in [-0.3, -0.25) is 0 Å². The van der Waals surface area contributed by atoms with Crippen LogP contribution in [0.5, 0.6) is 5.75 Å². The lowest BCUT2D eigenvalue weighted by atomic mass is 9.85. The zero-order valence-electron chi connectivity index (χ0n) is 10.9. The van der Waals surface area contributed by atoms with E-state index in [0.717, 1.165) is 17.7 Å². The second-order valence-electron chi connectivity index (χ2n) is 4.66. The van der Waals surface area contributed by atoms with E-state index in [1.807, 2.05) is 38.1 Å². The fourth-order valence-corrected chi connectivity index (χ4v) is 1.87. The fourth-order valence-electron chi connectivity index (χ4n) is 1.87. The Morgan fingerprint density at radius 1 is 1.41 bits per heavy atom. The van der Waals surface area contributed by atoms with Gasteiger partial charge in [0.25, 0.3) is 0 Å². The molecule has 1 N–H and O–H groups in total. The fraction of sp³-hybridized carbons (Fsp3) is 0.467. The predicted octanol–water partition coefficient (Wildman–Crippen LogP) is 3.20. The van der Waals surface area contributed by atoms with Crippen molar-refractivity contribution in [2.75, 3.05) is 7.11 Å². The molecule has 0 radical (unpaired) electrons. The van der Waals surface area contributed by atoms with Gasteiger partial charge < -0.3 is 9.84 Å². The quantitative estimate of drug-likeness (QED) is 0.766. The maximum absolute atomic E-state index is 10.4. The van der Waals surface area contributed by atoms with E-state index < -0.39 is 5.60 Å². The smallest absolute Gasteiger partial charge is 0.122 e. The first-order valence-electron chi connectivity index (χ1n) is 6.01. The summed E-state index contributed by atoms with van der Waals surface area (Å²) in [4.78, 5) is 0. The molecule has 0 aliphatic rings. The molecule has 2 heteroatoms. The lowest BCUT2D eigenvalue weighted by molar-refractivity contribution is 0.0353. The van der Waals surface area contributed by atoms with Crippen molar-refractivity contribution in [2.24, 2.45) is 5.92 Å². The molecule has 0 amide bonds. The highest BCUT2D eigenvalue weighted by Crippen LogP contribution is 2.27. The summed E-state index contributed by atoms with van der Waals surface area (Å²) in [5.41, 5.74) is 0.317. The van der Waals surface area contributed by atoms with E-state index in [9.17, 15) is 5.11 Å². The molecular formula is C15H22O2. The molecule has 2 nitrogen and oxygen atoms in total. The van der Waals surface area contributed by atoms with Crippen LogP contribution in [0.2, 0.25) is 0 Å². The summed E-state index contributed by atoms with van der Waals surface area (Å²) >= 11 is 0. The molecule has 0 saturated carbocycles. The van der Waals surface area contributed by atoms with Crippen molar-refractivity contribution in [3.63, 3.8) is 0 Å². The van der Waals surface area contributed by atoms with Crippen molar-refractivity contribution in [1.82, 2.24) is 0 Å². The molecule has 1 rings (SSSR count). The number of aryl methyl sites for hydroxylation is 1. The summed E-state index contributed by atoms with van der Waals surface area (Å²) in [7, 11) is 1.67. The average Bonchev–Trinajstić information content (AvgIpc) is 2.36. The SMILES string of the molecule is C=CC(O)(CCc1ccccc1OC)C(C)C. The molecule has 1 aromatic rings. The average molecular weight is 234 g/mol. The Bertz CT molecular complexity index is 371. The third-order valence-electron chi connectivity index (χ3n) is 3.34. The van der Waals surface area contributed by atoms with E-state index in [4.69, 9.17) is 4.74 Å². The topological polar surface area (TPSA) is 29.5 Å². The first kappa shape index (κ1) is 13.8. The Kier molecular flexibility index (Phi) is 4.76. The van der Waals surface area contributed by atoms with E-state index in [-0.39, 0.29) is 5.92 Å². The van der Waals surface area contributed by atoms with Crippen LogP contribution in [0.4, 0.5) is 0 Å². The highest BCUT2D eigenvalue weighted by atomic mass is 16.5. The molecule has 17 heavy (non-hydrogen) atoms. The van der Waals surface area contributed by atoms with Gasteiger partial charge in [0.15, 0.2) is 0 Å². The van der Waals surface area contributed by atoms with Crippen LogP contribution in [0.15, 0.2) is 36.9 Å². The summed E-state index contributed by atoms with van der Waals surface area (Å²) in [6.07, 6.45) is 3.09. The third kappa shape index (κ3) is 3.34. The molecule has 94 valence electrons. The van der Waals surface area contributed by atoms with Crippen LogP contribution < -0.4 is 4.74 Å². The van der Waals surface area contributed by atoms with Gasteiger partial charge in [0.05, 0.1) is 12.7 Å². The number of rotatable bonds is 6. The second kappa shape index (κ2) is 5.87. The molecule has 1 atom stereocenters. The largest absolute Gasteiger partial charge is 0.496 e. The first-order valence-corrected chi connectivity index (χ1v) is 6.01. The van der Waals surface area contributed by atoms with Crippen molar-refractivity contribution in [3.05, 3.63) is 42.5 Å². The summed E-state index contributed by atoms with van der Waals surface area (Å²) < 4.78 is 5.30. The van der Waals surface area contributed by atoms with Gasteiger partial charge in [0, 0.05) is 0 Å². The number of para-hydroxylation sites is 1. The molecule has 0 saturated heterocycles. The van der Waals surface area contributed by atoms with Crippen LogP contribution in [0.1, 0.15) is 25.8 Å². The number of benzene rings is 1. The number of ether oxygens (including phenoxy) is 1. The molecule has 0 spiro atoms. The van der Waals surface area contributed by atoms with Crippen molar-refractivity contribution in [2.45, 2.75) is 32.3 Å². The molecule has 0 fully saturated rings. The van der Waals surface area contributed by atoms with Crippen LogP contribution in [0.25, 0.3) is 0 Å². The van der Waals surface area contributed by atoms with Gasteiger partial charge in [0.1, 0.15) is 5.75 Å². The van der Waals surface area contributed by atoms with Gasteiger partial charge >= 0.3 is 0 Å². The molecule has 1 unspecified atom stereocenters. The van der Waals surface area contributed by atoms with Gasteiger partial charge in [0.2, 0.25) is 0 Å². The Hall–Kier alpha value is -1.28. The summed E-state index contributed by atoms with van der Waals surface area (Å²) in [5, 5.41) is 10.4. The van der Waals surface area contributed by atoms with E-state index in [1.165, 1.54) is 0 Å². The number of aliphatic hydroxyl groups is 1. The maximum atomic E-state index is 10.4. The van der Waals surface area contributed by atoms with E-state index in [2.05, 4.69) is 6.58 Å². The van der Waals surface area contributed by atoms with Crippen LogP contribution in [0.3, 0.4) is 0 Å². The normalized spacial score (nSPS) is 14.4. The van der Waals surface area contributed by atoms with Gasteiger partial charge in [-0.2, -0.15) is 0 Å². The van der Waals surface area contributed by atoms with Crippen LogP contribution >= 0.6 is 0 Å². The van der Waals surface area contributed by atoms with Crippen molar-refractivity contribution < 1.29 is 9.84 Å². The summed E-state index contributed by atoms with van der Waals surface area (Å²) in [5.74, 6) is 1.04. The Balaban J connectivity index is 2.76. The van der Waals surface area contributed by atoms with E-state index in [1.54, 1.807) is 13.2 Å². The predicted molar refractivity (Wildman–Crippen MR) is 71.3 cm³/mol. The van der Waals surface area contributed by atoms with Crippen molar-refractivity contribution in [1.29, 1.82) is 0 Å². The second-order valence-corrected chi connectivity index (χ2v) is 4.66. The lowest BCUT2D eigenvalue weighted by Gasteiger charge is -2.28. The molecule has 0 aliphatic heterocycles. The minimum absolute atomic E-state index is 0.162. The molecule has 0 bridgehead atoms. The molecular weight excluding hydrogens is 212 g/mol. The van der Waals surface area contributed by atoms with E-state index in [0.29, 0.717) is 6.42 Å². The highest BCUT2D eigenvalue weighted by Gasteiger charge is 2.26. The maximum Gasteiger partial charge on any atom is 0.122 e. The standard InChI is InChI=1S/C15H22O2/c1-5-15(16,12(2)3)11-10-13-8-6-7-9-14(13)17-4/h5-9,12,16H,1,10-11H2,2-4H3. The lowest BCUT2D eigenvalue weighted by Crippen LogP contribution is -2.32. The molecule has 1 aromatic carbocycles. The number of methoxy groups -OCH3 is 1. The monoisotopic (exact) mass is 234 g/mol. The van der Waals surface area contributed by atoms with Crippen LogP contribution in [0, 0.1) is 5.92 Å². The van der Waals surface area contributed by atoms with Crippen molar-refractivity contribution in [3.8, 4) is 5.75 Å². The molecule has 0 aliphatic carbocycles. The minimum atomic E-state index is -0.805. The molecule has 0 heterocycles. The summed E-state index contributed by atoms with van der Waals surface area (Å²) in [6.45, 7) is 7.74. The highest BCUT2D eigenvalue weighted by molar-refractivity contribution is 5.33.